The van der Waals surface area contributed by atoms with Gasteiger partial charge in [-0.25, -0.2) is 4.79 Å². The summed E-state index contributed by atoms with van der Waals surface area (Å²) in [6, 6.07) is 17.5. The second-order valence-corrected chi connectivity index (χ2v) is 9.19. The molecule has 2 atom stereocenters. The van der Waals surface area contributed by atoms with Crippen LogP contribution in [0.3, 0.4) is 0 Å². The van der Waals surface area contributed by atoms with E-state index in [9.17, 15) is 18.8 Å². The maximum absolute atomic E-state index is 13.5. The molecule has 1 saturated heterocycles. The van der Waals surface area contributed by atoms with Gasteiger partial charge >= 0.3 is 12.0 Å². The number of pyridine rings is 1. The number of urea groups is 1. The molecule has 1 unspecified atom stereocenters. The quantitative estimate of drug-likeness (QED) is 0.299. The Bertz CT molecular complexity index is 1310. The summed E-state index contributed by atoms with van der Waals surface area (Å²) < 4.78 is 23.7. The van der Waals surface area contributed by atoms with Gasteiger partial charge in [-0.15, -0.1) is 0 Å². The first-order valence-corrected chi connectivity index (χ1v) is 12.2. The van der Waals surface area contributed by atoms with E-state index in [-0.39, 0.29) is 25.4 Å². The predicted octanol–water partition coefficient (Wildman–Crippen LogP) is 5.07. The number of nitrogens with zero attached hydrogens (tertiary/aromatic N) is 3. The first-order chi connectivity index (χ1) is 18.2. The molecule has 1 fully saturated rings. The van der Waals surface area contributed by atoms with E-state index in [1.807, 2.05) is 0 Å². The Morgan fingerprint density at radius 2 is 1.84 bits per heavy atom. The number of carbonyl (C=O) groups excluding carboxylic acids is 3. The molecule has 2 heterocycles. The zero-order valence-electron chi connectivity index (χ0n) is 20.8. The van der Waals surface area contributed by atoms with Crippen LogP contribution in [-0.2, 0) is 20.9 Å². The summed E-state index contributed by atoms with van der Waals surface area (Å²) in [6.07, 6.45) is -0.675. The molecular weight excluding hydrogens is 515 g/mol. The van der Waals surface area contributed by atoms with Gasteiger partial charge in [0.2, 0.25) is 17.7 Å². The van der Waals surface area contributed by atoms with Crippen molar-refractivity contribution in [3.8, 4) is 11.6 Å². The molecule has 1 aliphatic heterocycles. The Kier molecular flexibility index (Phi) is 8.42. The molecule has 4 rings (SSSR count). The van der Waals surface area contributed by atoms with Crippen molar-refractivity contribution < 1.29 is 28.2 Å². The predicted molar refractivity (Wildman–Crippen MR) is 138 cm³/mol. The molecule has 1 aliphatic rings. The number of hydrogen-bond acceptors (Lipinski definition) is 7. The van der Waals surface area contributed by atoms with Gasteiger partial charge in [-0.3, -0.25) is 19.4 Å². The van der Waals surface area contributed by atoms with Crippen molar-refractivity contribution in [2.24, 2.45) is 5.92 Å². The molecule has 1 N–H and O–H groups in total. The van der Waals surface area contributed by atoms with Gasteiger partial charge in [-0.2, -0.15) is 9.37 Å². The number of imide groups is 1. The molecule has 2 aromatic carbocycles. The van der Waals surface area contributed by atoms with Crippen molar-refractivity contribution >= 4 is 35.2 Å². The number of halogens is 2. The van der Waals surface area contributed by atoms with E-state index in [1.165, 1.54) is 30.2 Å². The summed E-state index contributed by atoms with van der Waals surface area (Å²) in [6.45, 7) is 1.72. The molecule has 0 saturated carbocycles. The van der Waals surface area contributed by atoms with E-state index in [0.717, 1.165) is 10.5 Å². The van der Waals surface area contributed by atoms with E-state index in [1.54, 1.807) is 55.5 Å². The van der Waals surface area contributed by atoms with Crippen LogP contribution in [0.4, 0.5) is 14.9 Å². The monoisotopic (exact) mass is 540 g/mol. The van der Waals surface area contributed by atoms with Gasteiger partial charge in [-0.1, -0.05) is 36.7 Å². The summed E-state index contributed by atoms with van der Waals surface area (Å²) in [5, 5.41) is 3.80. The average Bonchev–Trinajstić information content (AvgIpc) is 2.90. The van der Waals surface area contributed by atoms with Crippen LogP contribution < -0.4 is 10.1 Å². The number of methoxy groups -OCH3 is 1. The summed E-state index contributed by atoms with van der Waals surface area (Å²) in [4.78, 5) is 44.7. The Hall–Kier alpha value is -4.18. The molecule has 9 nitrogen and oxygen atoms in total. The fourth-order valence-electron chi connectivity index (χ4n) is 3.98. The zero-order chi connectivity index (χ0) is 27.2. The van der Waals surface area contributed by atoms with Gasteiger partial charge in [0.1, 0.15) is 11.9 Å². The van der Waals surface area contributed by atoms with Crippen LogP contribution in [0.15, 0.2) is 66.7 Å². The molecular formula is C27H26ClFN4O5. The molecule has 11 heteroatoms. The fraction of sp³-hybridized carbons (Fsp3) is 0.259. The number of aromatic nitrogens is 1. The zero-order valence-corrected chi connectivity index (χ0v) is 21.5. The number of rotatable bonds is 9. The van der Waals surface area contributed by atoms with Crippen LogP contribution in [0.25, 0.3) is 0 Å². The lowest BCUT2D eigenvalue weighted by atomic mass is 10.1. The first-order valence-electron chi connectivity index (χ1n) is 11.8. The fourth-order valence-corrected chi connectivity index (χ4v) is 4.11. The molecule has 0 aliphatic carbocycles. The summed E-state index contributed by atoms with van der Waals surface area (Å²) in [7, 11) is 1.26. The molecule has 198 valence electrons. The highest BCUT2D eigenvalue weighted by atomic mass is 35.5. The SMILES string of the molecule is COC(=O)[C@@H](C)CN1C(=O)CC(Nc2ccc(Oc3cccc(F)n3)cc2)N(Cc2ccc(Cl)cc2)C1=O. The summed E-state index contributed by atoms with van der Waals surface area (Å²) in [5.74, 6) is -1.69. The van der Waals surface area contributed by atoms with Gasteiger partial charge in [0.25, 0.3) is 0 Å². The van der Waals surface area contributed by atoms with E-state index in [0.29, 0.717) is 16.5 Å². The normalized spacial score (nSPS) is 16.3. The number of ether oxygens (including phenoxy) is 2. The lowest BCUT2D eigenvalue weighted by molar-refractivity contribution is -0.146. The van der Waals surface area contributed by atoms with Crippen LogP contribution in [0.5, 0.6) is 11.6 Å². The lowest BCUT2D eigenvalue weighted by Crippen LogP contribution is -2.59. The number of carbonyl (C=O) groups is 3. The number of benzene rings is 2. The van der Waals surface area contributed by atoms with E-state index >= 15 is 0 Å². The minimum Gasteiger partial charge on any atom is -0.469 e. The smallest absolute Gasteiger partial charge is 0.328 e. The summed E-state index contributed by atoms with van der Waals surface area (Å²) in [5.41, 5.74) is 1.45. The van der Waals surface area contributed by atoms with Crippen molar-refractivity contribution in [1.82, 2.24) is 14.8 Å². The molecule has 3 aromatic rings. The van der Waals surface area contributed by atoms with Gasteiger partial charge < -0.3 is 14.8 Å². The van der Waals surface area contributed by atoms with Crippen LogP contribution in [0, 0.1) is 11.9 Å². The molecule has 0 radical (unpaired) electrons. The van der Waals surface area contributed by atoms with Crippen LogP contribution in [0.2, 0.25) is 5.02 Å². The second kappa shape index (κ2) is 11.9. The van der Waals surface area contributed by atoms with E-state index in [2.05, 4.69) is 10.3 Å². The van der Waals surface area contributed by atoms with Crippen LogP contribution in [0.1, 0.15) is 18.9 Å². The minimum absolute atomic E-state index is 0.0152. The first kappa shape index (κ1) is 26.9. The molecule has 1 aromatic heterocycles. The maximum Gasteiger partial charge on any atom is 0.328 e. The Balaban J connectivity index is 1.52. The van der Waals surface area contributed by atoms with E-state index < -0.39 is 35.9 Å². The highest BCUT2D eigenvalue weighted by Crippen LogP contribution is 2.26. The molecule has 0 bridgehead atoms. The van der Waals surface area contributed by atoms with E-state index in [4.69, 9.17) is 21.1 Å². The highest BCUT2D eigenvalue weighted by Gasteiger charge is 2.40. The average molecular weight is 541 g/mol. The second-order valence-electron chi connectivity index (χ2n) is 8.75. The topological polar surface area (TPSA) is 101 Å². The van der Waals surface area contributed by atoms with Crippen molar-refractivity contribution in [3.05, 3.63) is 83.3 Å². The van der Waals surface area contributed by atoms with Gasteiger partial charge in [0, 0.05) is 29.9 Å². The molecule has 3 amide bonds. The Morgan fingerprint density at radius 3 is 2.50 bits per heavy atom. The largest absolute Gasteiger partial charge is 0.469 e. The Morgan fingerprint density at radius 1 is 1.13 bits per heavy atom. The van der Waals surface area contributed by atoms with Crippen molar-refractivity contribution in [3.63, 3.8) is 0 Å². The van der Waals surface area contributed by atoms with Crippen molar-refractivity contribution in [2.75, 3.05) is 19.0 Å². The third-order valence-electron chi connectivity index (χ3n) is 5.95. The maximum atomic E-state index is 13.5. The van der Waals surface area contributed by atoms with Gasteiger partial charge in [0.15, 0.2) is 0 Å². The lowest BCUT2D eigenvalue weighted by Gasteiger charge is -2.41. The van der Waals surface area contributed by atoms with Gasteiger partial charge in [0.05, 0.1) is 19.4 Å². The highest BCUT2D eigenvalue weighted by molar-refractivity contribution is 6.30. The van der Waals surface area contributed by atoms with Gasteiger partial charge in [-0.05, 0) is 48.0 Å². The molecule has 38 heavy (non-hydrogen) atoms. The van der Waals surface area contributed by atoms with Crippen LogP contribution in [-0.4, -0.2) is 52.5 Å². The minimum atomic E-state index is -0.671. The number of nitrogens with one attached hydrogen (secondary N) is 1. The number of anilines is 1. The van der Waals surface area contributed by atoms with Crippen LogP contribution >= 0.6 is 11.6 Å². The number of amides is 3. The van der Waals surface area contributed by atoms with Crippen molar-refractivity contribution in [2.45, 2.75) is 26.1 Å². The third kappa shape index (κ3) is 6.57. The summed E-state index contributed by atoms with van der Waals surface area (Å²) >= 11 is 6.01. The number of esters is 1. The molecule has 0 spiro atoms. The van der Waals surface area contributed by atoms with Crippen molar-refractivity contribution in [1.29, 1.82) is 0 Å². The Labute approximate surface area is 224 Å². The standard InChI is InChI=1S/C27H26ClFN4O5/c1-17(26(35)37-2)15-33-25(34)14-23(32(27(33)36)16-18-6-8-19(28)9-7-18)30-20-10-12-21(13-11-20)38-24-5-3-4-22(29)31-24/h3-13,17,23,30H,14-16H2,1-2H3/t17-,23?/m0/s1. The number of hydrogen-bond donors (Lipinski definition) is 1. The third-order valence-corrected chi connectivity index (χ3v) is 6.20.